The number of carbonyl (C=O) groups is 2. The van der Waals surface area contributed by atoms with Gasteiger partial charge in [0, 0.05) is 34.4 Å². The molecule has 0 aliphatic carbocycles. The summed E-state index contributed by atoms with van der Waals surface area (Å²) in [5, 5.41) is 11.8. The molecule has 8 heteroatoms. The zero-order valence-electron chi connectivity index (χ0n) is 15.0. The van der Waals surface area contributed by atoms with Crippen LogP contribution in [0.5, 0.6) is 0 Å². The van der Waals surface area contributed by atoms with Gasteiger partial charge in [-0.1, -0.05) is 29.1 Å². The van der Waals surface area contributed by atoms with Crippen LogP contribution < -0.4 is 0 Å². The van der Waals surface area contributed by atoms with Crippen molar-refractivity contribution in [2.45, 2.75) is 19.4 Å². The number of likely N-dealkylation sites (N-methyl/N-ethyl adjacent to an activating group) is 1. The van der Waals surface area contributed by atoms with Crippen molar-refractivity contribution in [1.29, 1.82) is 5.26 Å². The lowest BCUT2D eigenvalue weighted by Crippen LogP contribution is -2.37. The van der Waals surface area contributed by atoms with Crippen molar-refractivity contribution in [2.24, 2.45) is 0 Å². The Labute approximate surface area is 172 Å². The van der Waals surface area contributed by atoms with Crippen LogP contribution in [0.3, 0.4) is 0 Å². The number of hydrogen-bond donors (Lipinski definition) is 0. The zero-order valence-corrected chi connectivity index (χ0v) is 16.5. The monoisotopic (exact) mass is 412 g/mol. The van der Waals surface area contributed by atoms with E-state index in [-0.39, 0.29) is 22.2 Å². The van der Waals surface area contributed by atoms with Gasteiger partial charge in [-0.3, -0.25) is 19.6 Å². The quantitative estimate of drug-likeness (QED) is 0.572. The third-order valence-corrected chi connectivity index (χ3v) is 4.96. The molecule has 0 radical (unpaired) electrons. The summed E-state index contributed by atoms with van der Waals surface area (Å²) in [5.74, 6) is 3.58. The van der Waals surface area contributed by atoms with Gasteiger partial charge in [-0.2, -0.15) is 5.26 Å². The average Bonchev–Trinajstić information content (AvgIpc) is 2.86. The van der Waals surface area contributed by atoms with Gasteiger partial charge in [0.15, 0.2) is 0 Å². The molecule has 2 amide bonds. The highest BCUT2D eigenvalue weighted by atomic mass is 35.5. The van der Waals surface area contributed by atoms with Gasteiger partial charge in [0.05, 0.1) is 17.8 Å². The predicted octanol–water partition coefficient (Wildman–Crippen LogP) is 3.13. The third kappa shape index (κ3) is 3.53. The molecule has 1 unspecified atom stereocenters. The molecule has 140 valence electrons. The van der Waals surface area contributed by atoms with Crippen molar-refractivity contribution in [2.75, 3.05) is 7.05 Å². The third-order valence-electron chi connectivity index (χ3n) is 4.33. The van der Waals surface area contributed by atoms with E-state index in [1.165, 1.54) is 23.3 Å². The molecule has 0 bridgehead atoms. The fourth-order valence-corrected chi connectivity index (χ4v) is 3.66. The maximum atomic E-state index is 13.0. The largest absolute Gasteiger partial charge is 0.272 e. The summed E-state index contributed by atoms with van der Waals surface area (Å²) in [6, 6.07) is 8.39. The Morgan fingerprint density at radius 1 is 1.14 bits per heavy atom. The first-order valence-corrected chi connectivity index (χ1v) is 8.98. The van der Waals surface area contributed by atoms with Crippen LogP contribution in [0.1, 0.15) is 35.2 Å². The van der Waals surface area contributed by atoms with Crippen LogP contribution in [0.15, 0.2) is 30.5 Å². The summed E-state index contributed by atoms with van der Waals surface area (Å²) in [4.78, 5) is 29.9. The summed E-state index contributed by atoms with van der Waals surface area (Å²) in [5.41, 5.74) is 1.82. The standard InChI is InChI=1S/C20H14Cl2N4O2/c1-3-4-12-7-15(21)17(16(22)8-12)18-19(27)25(2)26(20(18)28)11-14-6-5-13(9-23)10-24-14/h5-8,10,18H,11H2,1-2H3. The van der Waals surface area contributed by atoms with E-state index in [4.69, 9.17) is 28.5 Å². The van der Waals surface area contributed by atoms with Crippen LogP contribution in [0.2, 0.25) is 10.0 Å². The van der Waals surface area contributed by atoms with Crippen LogP contribution in [-0.4, -0.2) is 33.9 Å². The Bertz CT molecular complexity index is 1040. The number of halogens is 2. The Kier molecular flexibility index (Phi) is 5.56. The van der Waals surface area contributed by atoms with Crippen molar-refractivity contribution < 1.29 is 9.59 Å². The molecular weight excluding hydrogens is 399 g/mol. The van der Waals surface area contributed by atoms with Crippen LogP contribution in [0.4, 0.5) is 0 Å². The summed E-state index contributed by atoms with van der Waals surface area (Å²) in [7, 11) is 1.50. The maximum Gasteiger partial charge on any atom is 0.258 e. The van der Waals surface area contributed by atoms with Gasteiger partial charge in [0.25, 0.3) is 11.8 Å². The Balaban J connectivity index is 1.94. The van der Waals surface area contributed by atoms with Crippen LogP contribution >= 0.6 is 23.2 Å². The van der Waals surface area contributed by atoms with E-state index in [2.05, 4.69) is 16.8 Å². The van der Waals surface area contributed by atoms with Crippen molar-refractivity contribution in [3.8, 4) is 17.9 Å². The first-order chi connectivity index (χ1) is 13.4. The second-order valence-electron chi connectivity index (χ2n) is 6.07. The Morgan fingerprint density at radius 3 is 2.36 bits per heavy atom. The second-order valence-corrected chi connectivity index (χ2v) is 6.88. The maximum absolute atomic E-state index is 13.0. The molecule has 2 heterocycles. The van der Waals surface area contributed by atoms with E-state index in [0.29, 0.717) is 16.8 Å². The molecule has 1 aliphatic rings. The van der Waals surface area contributed by atoms with Gasteiger partial charge in [0.1, 0.15) is 12.0 Å². The van der Waals surface area contributed by atoms with Crippen molar-refractivity contribution in [3.05, 3.63) is 62.9 Å². The van der Waals surface area contributed by atoms with Gasteiger partial charge < -0.3 is 0 Å². The van der Waals surface area contributed by atoms with E-state index in [1.54, 1.807) is 31.2 Å². The van der Waals surface area contributed by atoms with E-state index in [9.17, 15) is 9.59 Å². The highest BCUT2D eigenvalue weighted by molar-refractivity contribution is 6.37. The number of amides is 2. The zero-order chi connectivity index (χ0) is 20.4. The first kappa shape index (κ1) is 19.7. The van der Waals surface area contributed by atoms with Gasteiger partial charge in [-0.25, -0.2) is 5.01 Å². The van der Waals surface area contributed by atoms with E-state index in [0.717, 1.165) is 0 Å². The predicted molar refractivity (Wildman–Crippen MR) is 104 cm³/mol. The smallest absolute Gasteiger partial charge is 0.258 e. The number of carbonyl (C=O) groups excluding carboxylic acids is 2. The number of nitrogens with zero attached hydrogens (tertiary/aromatic N) is 4. The van der Waals surface area contributed by atoms with E-state index >= 15 is 0 Å². The highest BCUT2D eigenvalue weighted by Crippen LogP contribution is 2.38. The minimum Gasteiger partial charge on any atom is -0.272 e. The molecule has 1 aliphatic heterocycles. The normalized spacial score (nSPS) is 16.0. The molecule has 0 spiro atoms. The van der Waals surface area contributed by atoms with E-state index in [1.807, 2.05) is 6.07 Å². The summed E-state index contributed by atoms with van der Waals surface area (Å²) in [6.07, 6.45) is 1.41. The van der Waals surface area contributed by atoms with Crippen molar-refractivity contribution in [3.63, 3.8) is 0 Å². The molecule has 0 saturated carbocycles. The van der Waals surface area contributed by atoms with Gasteiger partial charge >= 0.3 is 0 Å². The first-order valence-electron chi connectivity index (χ1n) is 8.23. The Morgan fingerprint density at radius 2 is 1.82 bits per heavy atom. The number of hydrazine groups is 1. The van der Waals surface area contributed by atoms with Gasteiger partial charge in [-0.05, 0) is 31.2 Å². The fourth-order valence-electron chi connectivity index (χ4n) is 2.95. The molecule has 3 rings (SSSR count). The summed E-state index contributed by atoms with van der Waals surface area (Å²) >= 11 is 12.7. The number of nitriles is 1. The molecule has 6 nitrogen and oxygen atoms in total. The van der Waals surface area contributed by atoms with Gasteiger partial charge in [0.2, 0.25) is 0 Å². The minimum absolute atomic E-state index is 0.0813. The lowest BCUT2D eigenvalue weighted by atomic mass is 9.97. The van der Waals surface area contributed by atoms with Crippen LogP contribution in [-0.2, 0) is 16.1 Å². The average molecular weight is 413 g/mol. The molecule has 28 heavy (non-hydrogen) atoms. The minimum atomic E-state index is -1.13. The molecule has 1 fully saturated rings. The topological polar surface area (TPSA) is 77.3 Å². The van der Waals surface area contributed by atoms with Crippen LogP contribution in [0.25, 0.3) is 0 Å². The molecule has 1 aromatic heterocycles. The highest BCUT2D eigenvalue weighted by Gasteiger charge is 2.46. The molecule has 1 atom stereocenters. The number of benzene rings is 1. The number of pyridine rings is 1. The SMILES string of the molecule is CC#Cc1cc(Cl)c(C2C(=O)N(C)N(Cc3ccc(C#N)cn3)C2=O)c(Cl)c1. The summed E-state index contributed by atoms with van der Waals surface area (Å²) < 4.78 is 0. The number of rotatable bonds is 3. The second kappa shape index (κ2) is 7.90. The lowest BCUT2D eigenvalue weighted by Gasteiger charge is -2.23. The molecule has 2 aromatic rings. The fraction of sp³-hybridized carbons (Fsp3) is 0.200. The Hall–Kier alpha value is -3.06. The summed E-state index contributed by atoms with van der Waals surface area (Å²) in [6.45, 7) is 1.77. The molecule has 1 saturated heterocycles. The van der Waals surface area contributed by atoms with E-state index < -0.39 is 17.7 Å². The lowest BCUT2D eigenvalue weighted by molar-refractivity contribution is -0.145. The van der Waals surface area contributed by atoms with Gasteiger partial charge in [-0.15, -0.1) is 5.92 Å². The molecule has 0 N–H and O–H groups in total. The van der Waals surface area contributed by atoms with Crippen LogP contribution in [0, 0.1) is 23.2 Å². The van der Waals surface area contributed by atoms with Crippen molar-refractivity contribution in [1.82, 2.24) is 15.0 Å². The number of hydrogen-bond acceptors (Lipinski definition) is 4. The molecule has 1 aromatic carbocycles. The number of aromatic nitrogens is 1. The molecular formula is C20H14Cl2N4O2. The van der Waals surface area contributed by atoms with Crippen molar-refractivity contribution >= 4 is 35.0 Å².